The molecule has 2 rings (SSSR count). The fourth-order valence-corrected chi connectivity index (χ4v) is 2.86. The smallest absolute Gasteiger partial charge is 0.242 e. The molecule has 4 nitrogen and oxygen atoms in total. The Morgan fingerprint density at radius 1 is 0.960 bits per heavy atom. The van der Waals surface area contributed by atoms with E-state index in [2.05, 4.69) is 5.32 Å². The summed E-state index contributed by atoms with van der Waals surface area (Å²) in [6.07, 6.45) is 1.70. The van der Waals surface area contributed by atoms with Crippen LogP contribution in [0, 0.1) is 0 Å². The summed E-state index contributed by atoms with van der Waals surface area (Å²) in [5, 5.41) is 2.72. The maximum atomic E-state index is 12.7. The van der Waals surface area contributed by atoms with E-state index in [0.29, 0.717) is 19.4 Å². The highest BCUT2D eigenvalue weighted by atomic mass is 16.2. The SMILES string of the molecule is CCCC(=O)N(Cc1ccccc1)[C@H](Cc1ccccc1)C(=O)NC. The Bertz CT molecular complexity index is 671. The van der Waals surface area contributed by atoms with E-state index in [9.17, 15) is 9.59 Å². The lowest BCUT2D eigenvalue weighted by Gasteiger charge is -2.31. The molecule has 4 heteroatoms. The quantitative estimate of drug-likeness (QED) is 0.804. The van der Waals surface area contributed by atoms with Gasteiger partial charge in [0.15, 0.2) is 0 Å². The molecule has 1 N–H and O–H groups in total. The first kappa shape index (κ1) is 18.7. The van der Waals surface area contributed by atoms with Gasteiger partial charge in [0, 0.05) is 26.4 Å². The average Bonchev–Trinajstić information content (AvgIpc) is 2.65. The van der Waals surface area contributed by atoms with Gasteiger partial charge in [0.05, 0.1) is 0 Å². The first-order valence-corrected chi connectivity index (χ1v) is 8.74. The Morgan fingerprint density at radius 2 is 1.52 bits per heavy atom. The maximum absolute atomic E-state index is 12.7. The van der Waals surface area contributed by atoms with E-state index in [0.717, 1.165) is 17.5 Å². The Balaban J connectivity index is 2.30. The number of rotatable bonds is 8. The lowest BCUT2D eigenvalue weighted by atomic mass is 10.0. The number of carbonyl (C=O) groups excluding carboxylic acids is 2. The third-order valence-corrected chi connectivity index (χ3v) is 4.18. The molecular weight excluding hydrogens is 312 g/mol. The second-order valence-electron chi connectivity index (χ2n) is 6.08. The molecule has 0 aliphatic heterocycles. The molecule has 0 saturated heterocycles. The largest absolute Gasteiger partial charge is 0.357 e. The molecular formula is C21H26N2O2. The highest BCUT2D eigenvalue weighted by Crippen LogP contribution is 2.16. The minimum atomic E-state index is -0.522. The highest BCUT2D eigenvalue weighted by molar-refractivity contribution is 5.87. The maximum Gasteiger partial charge on any atom is 0.242 e. The highest BCUT2D eigenvalue weighted by Gasteiger charge is 2.29. The van der Waals surface area contributed by atoms with E-state index in [4.69, 9.17) is 0 Å². The van der Waals surface area contributed by atoms with Crippen molar-refractivity contribution in [2.24, 2.45) is 0 Å². The Hall–Kier alpha value is -2.62. The zero-order valence-corrected chi connectivity index (χ0v) is 14.9. The topological polar surface area (TPSA) is 49.4 Å². The zero-order valence-electron chi connectivity index (χ0n) is 14.9. The molecule has 25 heavy (non-hydrogen) atoms. The molecule has 0 aliphatic rings. The van der Waals surface area contributed by atoms with Gasteiger partial charge in [0.2, 0.25) is 11.8 Å². The molecule has 0 unspecified atom stereocenters. The van der Waals surface area contributed by atoms with Gasteiger partial charge >= 0.3 is 0 Å². The summed E-state index contributed by atoms with van der Waals surface area (Å²) in [5.41, 5.74) is 2.06. The summed E-state index contributed by atoms with van der Waals surface area (Å²) < 4.78 is 0. The number of carbonyl (C=O) groups is 2. The minimum absolute atomic E-state index is 0.0101. The summed E-state index contributed by atoms with van der Waals surface area (Å²) in [7, 11) is 1.62. The van der Waals surface area contributed by atoms with Gasteiger partial charge in [-0.05, 0) is 17.5 Å². The first-order valence-electron chi connectivity index (χ1n) is 8.74. The number of nitrogens with zero attached hydrogens (tertiary/aromatic N) is 1. The third kappa shape index (κ3) is 5.45. The molecule has 0 radical (unpaired) electrons. The molecule has 0 saturated carbocycles. The van der Waals surface area contributed by atoms with Gasteiger partial charge in [-0.25, -0.2) is 0 Å². The molecule has 0 aliphatic carbocycles. The van der Waals surface area contributed by atoms with E-state index in [1.54, 1.807) is 11.9 Å². The van der Waals surface area contributed by atoms with Gasteiger partial charge in [0.1, 0.15) is 6.04 Å². The van der Waals surface area contributed by atoms with Crippen LogP contribution in [0.25, 0.3) is 0 Å². The van der Waals surface area contributed by atoms with E-state index in [-0.39, 0.29) is 11.8 Å². The van der Waals surface area contributed by atoms with Crippen molar-refractivity contribution in [1.82, 2.24) is 10.2 Å². The van der Waals surface area contributed by atoms with Crippen molar-refractivity contribution < 1.29 is 9.59 Å². The van der Waals surface area contributed by atoms with Crippen molar-refractivity contribution in [3.05, 3.63) is 71.8 Å². The van der Waals surface area contributed by atoms with E-state index >= 15 is 0 Å². The summed E-state index contributed by atoms with van der Waals surface area (Å²) in [5.74, 6) is -0.125. The molecule has 0 bridgehead atoms. The molecule has 0 aromatic heterocycles. The minimum Gasteiger partial charge on any atom is -0.357 e. The zero-order chi connectivity index (χ0) is 18.1. The van der Waals surface area contributed by atoms with E-state index in [1.807, 2.05) is 67.6 Å². The van der Waals surface area contributed by atoms with Gasteiger partial charge < -0.3 is 10.2 Å². The first-order chi connectivity index (χ1) is 12.2. The number of nitrogens with one attached hydrogen (secondary N) is 1. The van der Waals surface area contributed by atoms with Gasteiger partial charge in [0.25, 0.3) is 0 Å². The van der Waals surface area contributed by atoms with Crippen LogP contribution >= 0.6 is 0 Å². The van der Waals surface area contributed by atoms with Crippen LogP contribution in [0.4, 0.5) is 0 Å². The summed E-state index contributed by atoms with van der Waals surface area (Å²) >= 11 is 0. The van der Waals surface area contributed by atoms with Crippen molar-refractivity contribution >= 4 is 11.8 Å². The molecule has 0 spiro atoms. The third-order valence-electron chi connectivity index (χ3n) is 4.18. The second kappa shape index (κ2) is 9.62. The molecule has 2 aromatic carbocycles. The normalized spacial score (nSPS) is 11.6. The van der Waals surface area contributed by atoms with Crippen molar-refractivity contribution in [2.75, 3.05) is 7.05 Å². The van der Waals surface area contributed by atoms with Crippen LogP contribution in [0.3, 0.4) is 0 Å². The predicted octanol–water partition coefficient (Wildman–Crippen LogP) is 3.17. The number of likely N-dealkylation sites (N-methyl/N-ethyl adjacent to an activating group) is 1. The van der Waals surface area contributed by atoms with Crippen molar-refractivity contribution in [3.63, 3.8) is 0 Å². The molecule has 132 valence electrons. The van der Waals surface area contributed by atoms with Crippen molar-refractivity contribution in [2.45, 2.75) is 38.8 Å². The summed E-state index contributed by atoms with van der Waals surface area (Å²) in [6, 6.07) is 19.1. The number of benzene rings is 2. The number of hydrogen-bond donors (Lipinski definition) is 1. The molecule has 0 heterocycles. The molecule has 1 atom stereocenters. The van der Waals surface area contributed by atoms with Crippen LogP contribution in [-0.2, 0) is 22.6 Å². The predicted molar refractivity (Wildman–Crippen MR) is 99.9 cm³/mol. The lowest BCUT2D eigenvalue weighted by molar-refractivity contribution is -0.141. The second-order valence-corrected chi connectivity index (χ2v) is 6.08. The summed E-state index contributed by atoms with van der Waals surface area (Å²) in [6.45, 7) is 2.41. The van der Waals surface area contributed by atoms with Gasteiger partial charge in [-0.15, -0.1) is 0 Å². The van der Waals surface area contributed by atoms with Crippen LogP contribution < -0.4 is 5.32 Å². The van der Waals surface area contributed by atoms with Crippen molar-refractivity contribution in [3.8, 4) is 0 Å². The molecule has 2 amide bonds. The molecule has 2 aromatic rings. The van der Waals surface area contributed by atoms with Crippen LogP contribution in [0.1, 0.15) is 30.9 Å². The average molecular weight is 338 g/mol. The number of amides is 2. The van der Waals surface area contributed by atoms with Crippen LogP contribution in [0.5, 0.6) is 0 Å². The van der Waals surface area contributed by atoms with E-state index < -0.39 is 6.04 Å². The van der Waals surface area contributed by atoms with Crippen LogP contribution in [0.15, 0.2) is 60.7 Å². The summed E-state index contributed by atoms with van der Waals surface area (Å²) in [4.78, 5) is 27.0. The fraction of sp³-hybridized carbons (Fsp3) is 0.333. The Labute approximate surface area is 149 Å². The molecule has 0 fully saturated rings. The Morgan fingerprint density at radius 3 is 2.04 bits per heavy atom. The van der Waals surface area contributed by atoms with Crippen molar-refractivity contribution in [1.29, 1.82) is 0 Å². The number of hydrogen-bond acceptors (Lipinski definition) is 2. The van der Waals surface area contributed by atoms with Gasteiger partial charge in [-0.2, -0.15) is 0 Å². The monoisotopic (exact) mass is 338 g/mol. The van der Waals surface area contributed by atoms with Crippen LogP contribution in [0.2, 0.25) is 0 Å². The Kier molecular flexibility index (Phi) is 7.20. The van der Waals surface area contributed by atoms with E-state index in [1.165, 1.54) is 0 Å². The van der Waals surface area contributed by atoms with Crippen LogP contribution in [-0.4, -0.2) is 29.8 Å². The standard InChI is InChI=1S/C21H26N2O2/c1-3-10-20(24)23(16-18-13-8-5-9-14-18)19(21(25)22-2)15-17-11-6-4-7-12-17/h4-9,11-14,19H,3,10,15-16H2,1-2H3,(H,22,25)/t19-/m1/s1. The lowest BCUT2D eigenvalue weighted by Crippen LogP contribution is -2.49. The van der Waals surface area contributed by atoms with Gasteiger partial charge in [-0.1, -0.05) is 67.6 Å². The fourth-order valence-electron chi connectivity index (χ4n) is 2.86. The van der Waals surface area contributed by atoms with Gasteiger partial charge in [-0.3, -0.25) is 9.59 Å².